The minimum absolute atomic E-state index is 0.0382. The quantitative estimate of drug-likeness (QED) is 0.582. The van der Waals surface area contributed by atoms with Crippen molar-refractivity contribution in [3.8, 4) is 0 Å². The summed E-state index contributed by atoms with van der Waals surface area (Å²) in [5.74, 6) is 0. The summed E-state index contributed by atoms with van der Waals surface area (Å²) in [6.45, 7) is 1.89. The first-order valence-corrected chi connectivity index (χ1v) is 9.92. The molecule has 1 fully saturated rings. The largest absolute Gasteiger partial charge is 0.378 e. The molecule has 1 aliphatic heterocycles. The van der Waals surface area contributed by atoms with E-state index in [-0.39, 0.29) is 10.6 Å². The number of hydrogen-bond donors (Lipinski definition) is 1. The van der Waals surface area contributed by atoms with Crippen molar-refractivity contribution < 1.29 is 13.3 Å². The van der Waals surface area contributed by atoms with Gasteiger partial charge in [-0.25, -0.2) is 8.42 Å². The van der Waals surface area contributed by atoms with Gasteiger partial charge >= 0.3 is 0 Å². The van der Waals surface area contributed by atoms with Crippen LogP contribution in [0.25, 0.3) is 0 Å². The fourth-order valence-electron chi connectivity index (χ4n) is 2.96. The van der Waals surface area contributed by atoms with Gasteiger partial charge in [0.15, 0.2) is 0 Å². The van der Waals surface area contributed by atoms with Gasteiger partial charge in [-0.3, -0.25) is 14.8 Å². The molecular formula is C16H21N5O4S. The van der Waals surface area contributed by atoms with E-state index in [2.05, 4.69) is 10.4 Å². The molecule has 2 heterocycles. The summed E-state index contributed by atoms with van der Waals surface area (Å²) < 4.78 is 28.5. The smallest absolute Gasteiger partial charge is 0.293 e. The number of benzene rings is 1. The molecule has 26 heavy (non-hydrogen) atoms. The van der Waals surface area contributed by atoms with Gasteiger partial charge in [-0.15, -0.1) is 0 Å². The fraction of sp³-hybridized carbons (Fsp3) is 0.438. The third-order valence-electron chi connectivity index (χ3n) is 4.33. The van der Waals surface area contributed by atoms with Crippen LogP contribution in [0.5, 0.6) is 0 Å². The molecule has 1 aliphatic rings. The van der Waals surface area contributed by atoms with Crippen molar-refractivity contribution in [3.05, 3.63) is 46.8 Å². The summed E-state index contributed by atoms with van der Waals surface area (Å²) in [6, 6.07) is 5.81. The van der Waals surface area contributed by atoms with E-state index < -0.39 is 14.9 Å². The molecule has 0 radical (unpaired) electrons. The molecule has 2 aromatic rings. The Bertz CT molecular complexity index is 861. The van der Waals surface area contributed by atoms with Crippen LogP contribution < -0.4 is 5.32 Å². The van der Waals surface area contributed by atoms with Crippen LogP contribution in [0, 0.1) is 10.1 Å². The Morgan fingerprint density at radius 1 is 1.23 bits per heavy atom. The molecule has 140 valence electrons. The molecule has 3 rings (SSSR count). The van der Waals surface area contributed by atoms with Gasteiger partial charge in [-0.2, -0.15) is 9.40 Å². The van der Waals surface area contributed by atoms with Gasteiger partial charge in [0.2, 0.25) is 10.0 Å². The fourth-order valence-corrected chi connectivity index (χ4v) is 4.50. The zero-order chi connectivity index (χ0) is 18.6. The molecule has 1 aromatic carbocycles. The van der Waals surface area contributed by atoms with Crippen molar-refractivity contribution in [1.29, 1.82) is 0 Å². The second-order valence-electron chi connectivity index (χ2n) is 6.10. The van der Waals surface area contributed by atoms with Crippen molar-refractivity contribution in [3.63, 3.8) is 0 Å². The Morgan fingerprint density at radius 3 is 2.65 bits per heavy atom. The maximum atomic E-state index is 12.7. The van der Waals surface area contributed by atoms with Crippen LogP contribution >= 0.6 is 0 Å². The average molecular weight is 379 g/mol. The maximum absolute atomic E-state index is 12.7. The highest BCUT2D eigenvalue weighted by Gasteiger charge is 2.28. The minimum Gasteiger partial charge on any atom is -0.378 e. The van der Waals surface area contributed by atoms with Crippen molar-refractivity contribution >= 4 is 21.4 Å². The Morgan fingerprint density at radius 2 is 2.00 bits per heavy atom. The first-order chi connectivity index (χ1) is 12.5. The molecule has 0 aliphatic carbocycles. The van der Waals surface area contributed by atoms with Gasteiger partial charge in [0.05, 0.1) is 16.4 Å². The van der Waals surface area contributed by atoms with Gasteiger partial charge in [0.1, 0.15) is 5.69 Å². The van der Waals surface area contributed by atoms with Crippen LogP contribution in [0.15, 0.2) is 41.6 Å². The third-order valence-corrected chi connectivity index (χ3v) is 6.23. The Labute approximate surface area is 151 Å². The van der Waals surface area contributed by atoms with E-state index in [0.29, 0.717) is 31.9 Å². The average Bonchev–Trinajstić information content (AvgIpc) is 3.16. The lowest BCUT2D eigenvalue weighted by atomic mass is 10.2. The van der Waals surface area contributed by atoms with Crippen LogP contribution in [0.2, 0.25) is 0 Å². The lowest BCUT2D eigenvalue weighted by Gasteiger charge is -2.25. The minimum atomic E-state index is -3.70. The van der Waals surface area contributed by atoms with Gasteiger partial charge in [-0.1, -0.05) is 6.42 Å². The molecule has 0 saturated carbocycles. The highest BCUT2D eigenvalue weighted by Crippen LogP contribution is 2.29. The number of sulfonamides is 1. The molecule has 10 heteroatoms. The van der Waals surface area contributed by atoms with Crippen LogP contribution in [0.1, 0.15) is 19.3 Å². The molecule has 1 aromatic heterocycles. The maximum Gasteiger partial charge on any atom is 0.293 e. The number of nitro groups is 1. The van der Waals surface area contributed by atoms with Crippen molar-refractivity contribution in [2.45, 2.75) is 30.7 Å². The van der Waals surface area contributed by atoms with Crippen molar-refractivity contribution in [1.82, 2.24) is 14.1 Å². The summed E-state index contributed by atoms with van der Waals surface area (Å²) in [5.41, 5.74) is 0.0447. The Balaban J connectivity index is 1.78. The van der Waals surface area contributed by atoms with E-state index in [0.717, 1.165) is 25.3 Å². The van der Waals surface area contributed by atoms with Crippen molar-refractivity contribution in [2.75, 3.05) is 25.0 Å². The van der Waals surface area contributed by atoms with Crippen LogP contribution in [-0.4, -0.2) is 47.1 Å². The second kappa shape index (κ2) is 7.83. The lowest BCUT2D eigenvalue weighted by Crippen LogP contribution is -2.35. The molecule has 0 unspecified atom stereocenters. The van der Waals surface area contributed by atoms with E-state index in [9.17, 15) is 18.5 Å². The van der Waals surface area contributed by atoms with E-state index in [1.807, 2.05) is 0 Å². The number of rotatable bonds is 7. The van der Waals surface area contributed by atoms with Gasteiger partial charge in [-0.05, 0) is 31.0 Å². The molecule has 0 spiro atoms. The first kappa shape index (κ1) is 18.3. The van der Waals surface area contributed by atoms with E-state index >= 15 is 0 Å². The first-order valence-electron chi connectivity index (χ1n) is 8.48. The Hall–Kier alpha value is -2.46. The highest BCUT2D eigenvalue weighted by molar-refractivity contribution is 7.89. The zero-order valence-electron chi connectivity index (χ0n) is 14.2. The predicted octanol–water partition coefficient (Wildman–Crippen LogP) is 2.08. The summed E-state index contributed by atoms with van der Waals surface area (Å²) >= 11 is 0. The molecule has 0 bridgehead atoms. The number of anilines is 1. The Kier molecular flexibility index (Phi) is 5.52. The monoisotopic (exact) mass is 379 g/mol. The number of hydrogen-bond acceptors (Lipinski definition) is 6. The molecule has 0 amide bonds. The standard InChI is InChI=1S/C16H21N5O4S/c22-21(23)16-13-14(26(24,25)20-10-2-1-3-11-20)5-6-15(16)17-8-12-19-9-4-7-18-19/h4-7,9,13,17H,1-3,8,10-12H2. The number of nitro benzene ring substituents is 1. The summed E-state index contributed by atoms with van der Waals surface area (Å²) in [4.78, 5) is 10.8. The highest BCUT2D eigenvalue weighted by atomic mass is 32.2. The SMILES string of the molecule is O=[N+]([O-])c1cc(S(=O)(=O)N2CCCCC2)ccc1NCCn1cccn1. The molecule has 1 N–H and O–H groups in total. The predicted molar refractivity (Wildman–Crippen MR) is 96.4 cm³/mol. The van der Waals surface area contributed by atoms with E-state index in [4.69, 9.17) is 0 Å². The third kappa shape index (κ3) is 4.02. The molecule has 9 nitrogen and oxygen atoms in total. The summed E-state index contributed by atoms with van der Waals surface area (Å²) in [6.07, 6.45) is 6.08. The van der Waals surface area contributed by atoms with Crippen LogP contribution in [0.4, 0.5) is 11.4 Å². The van der Waals surface area contributed by atoms with E-state index in [1.165, 1.54) is 16.4 Å². The molecular weight excluding hydrogens is 358 g/mol. The normalized spacial score (nSPS) is 15.7. The number of aromatic nitrogens is 2. The molecule has 0 atom stereocenters. The van der Waals surface area contributed by atoms with Crippen molar-refractivity contribution in [2.24, 2.45) is 0 Å². The van der Waals surface area contributed by atoms with Gasteiger partial charge < -0.3 is 5.32 Å². The number of piperidine rings is 1. The van der Waals surface area contributed by atoms with Crippen LogP contribution in [-0.2, 0) is 16.6 Å². The number of nitrogens with one attached hydrogen (secondary N) is 1. The zero-order valence-corrected chi connectivity index (χ0v) is 15.1. The second-order valence-corrected chi connectivity index (χ2v) is 8.03. The van der Waals surface area contributed by atoms with E-state index in [1.54, 1.807) is 23.1 Å². The summed E-state index contributed by atoms with van der Waals surface area (Å²) in [5, 5.41) is 18.4. The van der Waals surface area contributed by atoms with Gasteiger partial charge in [0, 0.05) is 38.1 Å². The van der Waals surface area contributed by atoms with Crippen LogP contribution in [0.3, 0.4) is 0 Å². The van der Waals surface area contributed by atoms with Gasteiger partial charge in [0.25, 0.3) is 5.69 Å². The topological polar surface area (TPSA) is 110 Å². The number of nitrogens with zero attached hydrogens (tertiary/aromatic N) is 4. The lowest BCUT2D eigenvalue weighted by molar-refractivity contribution is -0.384. The summed E-state index contributed by atoms with van der Waals surface area (Å²) in [7, 11) is -3.70. The molecule has 1 saturated heterocycles.